The highest BCUT2D eigenvalue weighted by molar-refractivity contribution is 5.81. The molecule has 1 heterocycles. The smallest absolute Gasteiger partial charge is 0.0346 e. The van der Waals surface area contributed by atoms with Crippen molar-refractivity contribution in [1.82, 2.24) is 10.3 Å². The molecule has 1 N–H and O–H groups in total. The Balaban J connectivity index is 1.69. The minimum Gasteiger partial charge on any atom is -0.310 e. The maximum absolute atomic E-state index is 4.13. The number of fused-ring (bicyclic) bond motifs is 1. The summed E-state index contributed by atoms with van der Waals surface area (Å²) in [5, 5.41) is 6.12. The van der Waals surface area contributed by atoms with Crippen molar-refractivity contribution in [2.24, 2.45) is 5.92 Å². The summed E-state index contributed by atoms with van der Waals surface area (Å²) in [6.45, 7) is 3.26. The third-order valence-corrected chi connectivity index (χ3v) is 3.72. The first-order chi connectivity index (χ1) is 8.36. The van der Waals surface area contributed by atoms with Crippen molar-refractivity contribution in [3.63, 3.8) is 0 Å². The Morgan fingerprint density at radius 3 is 3.06 bits per heavy atom. The Kier molecular flexibility index (Phi) is 2.81. The number of nitrogens with zero attached hydrogens (tertiary/aromatic N) is 1. The molecule has 0 radical (unpaired) electrons. The maximum atomic E-state index is 4.13. The first-order valence-electron chi connectivity index (χ1n) is 6.43. The van der Waals surface area contributed by atoms with Crippen LogP contribution >= 0.6 is 0 Å². The second kappa shape index (κ2) is 4.46. The van der Waals surface area contributed by atoms with Crippen LogP contribution in [-0.2, 0) is 6.54 Å². The van der Waals surface area contributed by atoms with E-state index >= 15 is 0 Å². The highest BCUT2D eigenvalue weighted by Crippen LogP contribution is 2.33. The maximum Gasteiger partial charge on any atom is 0.0346 e. The molecular formula is C15H18N2. The van der Waals surface area contributed by atoms with E-state index in [0.717, 1.165) is 18.5 Å². The van der Waals surface area contributed by atoms with Gasteiger partial charge in [-0.05, 0) is 35.4 Å². The zero-order valence-electron chi connectivity index (χ0n) is 10.2. The predicted octanol–water partition coefficient (Wildman–Crippen LogP) is 3.12. The van der Waals surface area contributed by atoms with Gasteiger partial charge < -0.3 is 5.32 Å². The van der Waals surface area contributed by atoms with Crippen LogP contribution in [0.3, 0.4) is 0 Å². The van der Waals surface area contributed by atoms with E-state index in [2.05, 4.69) is 41.5 Å². The van der Waals surface area contributed by atoms with Crippen LogP contribution in [0.4, 0.5) is 0 Å². The molecule has 2 aromatic rings. The molecule has 88 valence electrons. The fourth-order valence-corrected chi connectivity index (χ4v) is 2.44. The molecule has 1 aromatic carbocycles. The fraction of sp³-hybridized carbons (Fsp3) is 0.400. The number of rotatable bonds is 4. The van der Waals surface area contributed by atoms with E-state index in [1.807, 2.05) is 12.4 Å². The van der Waals surface area contributed by atoms with Gasteiger partial charge in [-0.2, -0.15) is 0 Å². The van der Waals surface area contributed by atoms with Crippen LogP contribution in [0.25, 0.3) is 10.8 Å². The molecule has 0 aliphatic heterocycles. The molecule has 1 fully saturated rings. The zero-order valence-corrected chi connectivity index (χ0v) is 10.2. The van der Waals surface area contributed by atoms with Crippen LogP contribution in [0.5, 0.6) is 0 Å². The quantitative estimate of drug-likeness (QED) is 0.866. The predicted molar refractivity (Wildman–Crippen MR) is 70.8 cm³/mol. The number of aromatic nitrogens is 1. The lowest BCUT2D eigenvalue weighted by atomic mass is 10.1. The van der Waals surface area contributed by atoms with Gasteiger partial charge in [0.1, 0.15) is 0 Å². The summed E-state index contributed by atoms with van der Waals surface area (Å²) in [6, 6.07) is 9.44. The molecule has 2 atom stereocenters. The van der Waals surface area contributed by atoms with Crippen LogP contribution in [0.15, 0.2) is 36.7 Å². The molecule has 1 aromatic heterocycles. The summed E-state index contributed by atoms with van der Waals surface area (Å²) in [6.07, 6.45) is 6.43. The molecule has 2 heteroatoms. The van der Waals surface area contributed by atoms with Crippen molar-refractivity contribution in [1.29, 1.82) is 0 Å². The van der Waals surface area contributed by atoms with Crippen molar-refractivity contribution in [2.75, 3.05) is 0 Å². The lowest BCUT2D eigenvalue weighted by Crippen LogP contribution is -2.17. The first-order valence-corrected chi connectivity index (χ1v) is 6.43. The lowest BCUT2D eigenvalue weighted by molar-refractivity contribution is 0.623. The van der Waals surface area contributed by atoms with E-state index in [1.165, 1.54) is 29.2 Å². The van der Waals surface area contributed by atoms with Crippen LogP contribution in [0, 0.1) is 5.92 Å². The van der Waals surface area contributed by atoms with E-state index in [4.69, 9.17) is 0 Å². The zero-order chi connectivity index (χ0) is 11.7. The molecule has 2 unspecified atom stereocenters. The number of hydrogen-bond acceptors (Lipinski definition) is 2. The summed E-state index contributed by atoms with van der Waals surface area (Å²) in [5.74, 6) is 0.916. The van der Waals surface area contributed by atoms with Gasteiger partial charge in [0.2, 0.25) is 0 Å². The Bertz CT molecular complexity index is 521. The second-order valence-electron chi connectivity index (χ2n) is 4.95. The molecule has 1 saturated carbocycles. The summed E-state index contributed by atoms with van der Waals surface area (Å²) in [5.41, 5.74) is 1.37. The Labute approximate surface area is 102 Å². The Morgan fingerprint density at radius 2 is 2.24 bits per heavy atom. The molecule has 0 amide bonds. The van der Waals surface area contributed by atoms with Crippen molar-refractivity contribution >= 4 is 10.8 Å². The van der Waals surface area contributed by atoms with Crippen molar-refractivity contribution in [3.05, 3.63) is 42.2 Å². The molecule has 0 bridgehead atoms. The van der Waals surface area contributed by atoms with Crippen LogP contribution in [0.2, 0.25) is 0 Å². The van der Waals surface area contributed by atoms with E-state index in [1.54, 1.807) is 0 Å². The molecule has 1 aliphatic rings. The number of hydrogen-bond donors (Lipinski definition) is 1. The van der Waals surface area contributed by atoms with Crippen molar-refractivity contribution in [2.45, 2.75) is 32.4 Å². The van der Waals surface area contributed by atoms with Crippen LogP contribution < -0.4 is 5.32 Å². The third-order valence-electron chi connectivity index (χ3n) is 3.72. The molecule has 2 nitrogen and oxygen atoms in total. The average molecular weight is 226 g/mol. The largest absolute Gasteiger partial charge is 0.310 e. The Morgan fingerprint density at radius 1 is 1.29 bits per heavy atom. The summed E-state index contributed by atoms with van der Waals surface area (Å²) >= 11 is 0. The minimum absolute atomic E-state index is 0.758. The molecule has 17 heavy (non-hydrogen) atoms. The van der Waals surface area contributed by atoms with Gasteiger partial charge in [-0.25, -0.2) is 0 Å². The minimum atomic E-state index is 0.758. The third kappa shape index (κ3) is 2.32. The van der Waals surface area contributed by atoms with Gasteiger partial charge in [-0.3, -0.25) is 4.98 Å². The van der Waals surface area contributed by atoms with Crippen LogP contribution in [-0.4, -0.2) is 11.0 Å². The standard InChI is InChI=1S/C15H18N2/c1-2-12-8-15(12)17-9-11-3-4-14-10-16-6-5-13(14)7-11/h3-7,10,12,15,17H,2,8-9H2,1H3. The van der Waals surface area contributed by atoms with Crippen LogP contribution in [0.1, 0.15) is 25.3 Å². The van der Waals surface area contributed by atoms with Gasteiger partial charge in [0, 0.05) is 30.4 Å². The fourth-order valence-electron chi connectivity index (χ4n) is 2.44. The Hall–Kier alpha value is -1.41. The molecule has 0 saturated heterocycles. The van der Waals surface area contributed by atoms with Crippen molar-refractivity contribution < 1.29 is 0 Å². The second-order valence-corrected chi connectivity index (χ2v) is 4.95. The monoisotopic (exact) mass is 226 g/mol. The van der Waals surface area contributed by atoms with E-state index < -0.39 is 0 Å². The van der Waals surface area contributed by atoms with E-state index in [-0.39, 0.29) is 0 Å². The van der Waals surface area contributed by atoms with Gasteiger partial charge >= 0.3 is 0 Å². The summed E-state index contributed by atoms with van der Waals surface area (Å²) < 4.78 is 0. The van der Waals surface area contributed by atoms with Gasteiger partial charge in [-0.15, -0.1) is 0 Å². The molecule has 1 aliphatic carbocycles. The van der Waals surface area contributed by atoms with E-state index in [0.29, 0.717) is 0 Å². The lowest BCUT2D eigenvalue weighted by Gasteiger charge is -2.05. The highest BCUT2D eigenvalue weighted by Gasteiger charge is 2.34. The average Bonchev–Trinajstić information content (AvgIpc) is 3.15. The van der Waals surface area contributed by atoms with Crippen molar-refractivity contribution in [3.8, 4) is 0 Å². The molecular weight excluding hydrogens is 208 g/mol. The number of benzene rings is 1. The summed E-state index contributed by atoms with van der Waals surface area (Å²) in [7, 11) is 0. The molecule has 3 rings (SSSR count). The van der Waals surface area contributed by atoms with Gasteiger partial charge in [0.25, 0.3) is 0 Å². The first kappa shape index (κ1) is 10.7. The van der Waals surface area contributed by atoms with Gasteiger partial charge in [-0.1, -0.05) is 25.5 Å². The van der Waals surface area contributed by atoms with Gasteiger partial charge in [0.15, 0.2) is 0 Å². The highest BCUT2D eigenvalue weighted by atomic mass is 15.0. The number of nitrogens with one attached hydrogen (secondary N) is 1. The summed E-state index contributed by atoms with van der Waals surface area (Å²) in [4.78, 5) is 4.13. The van der Waals surface area contributed by atoms with E-state index in [9.17, 15) is 0 Å². The molecule has 0 spiro atoms. The normalized spacial score (nSPS) is 22.9. The number of pyridine rings is 1. The topological polar surface area (TPSA) is 24.9 Å². The van der Waals surface area contributed by atoms with Gasteiger partial charge in [0.05, 0.1) is 0 Å². The SMILES string of the molecule is CCC1CC1NCc1ccc2cnccc2c1.